The zero-order valence-corrected chi connectivity index (χ0v) is 11.4. The zero-order chi connectivity index (χ0) is 13.1. The molecule has 1 unspecified atom stereocenters. The molecule has 18 heavy (non-hydrogen) atoms. The van der Waals surface area contributed by atoms with Gasteiger partial charge in [-0.25, -0.2) is 0 Å². The number of aryl methyl sites for hydroxylation is 3. The molecule has 0 spiro atoms. The number of hydrogen-bond acceptors (Lipinski definition) is 3. The third-order valence-electron chi connectivity index (χ3n) is 3.48. The molecule has 0 bridgehead atoms. The van der Waals surface area contributed by atoms with Crippen LogP contribution in [0.25, 0.3) is 0 Å². The summed E-state index contributed by atoms with van der Waals surface area (Å²) in [6.45, 7) is 7.53. The minimum Gasteiger partial charge on any atom is -0.427 e. The van der Waals surface area contributed by atoms with Gasteiger partial charge in [-0.1, -0.05) is 17.7 Å². The normalized spacial score (nSPS) is 19.6. The van der Waals surface area contributed by atoms with E-state index >= 15 is 0 Å². The Bertz CT molecular complexity index is 396. The van der Waals surface area contributed by atoms with Crippen LogP contribution in [0.1, 0.15) is 28.7 Å². The average molecular weight is 248 g/mol. The first-order valence-electron chi connectivity index (χ1n) is 6.54. The van der Waals surface area contributed by atoms with Crippen LogP contribution in [0.3, 0.4) is 0 Å². The molecule has 1 fully saturated rings. The van der Waals surface area contributed by atoms with Gasteiger partial charge in [0.2, 0.25) is 0 Å². The van der Waals surface area contributed by atoms with Crippen molar-refractivity contribution < 1.29 is 14.4 Å². The molecule has 0 amide bonds. The molecule has 2 rings (SSSR count). The van der Waals surface area contributed by atoms with Gasteiger partial charge in [-0.3, -0.25) is 0 Å². The van der Waals surface area contributed by atoms with Crippen molar-refractivity contribution in [1.29, 1.82) is 0 Å². The lowest BCUT2D eigenvalue weighted by molar-refractivity contribution is 0.0432. The van der Waals surface area contributed by atoms with Gasteiger partial charge in [-0.15, -0.1) is 0 Å². The van der Waals surface area contributed by atoms with E-state index < -0.39 is 7.12 Å². The Morgan fingerprint density at radius 1 is 1.33 bits per heavy atom. The van der Waals surface area contributed by atoms with Crippen LogP contribution in [-0.4, -0.2) is 24.9 Å². The van der Waals surface area contributed by atoms with Gasteiger partial charge in [0.25, 0.3) is 0 Å². The van der Waals surface area contributed by atoms with Crippen LogP contribution >= 0.6 is 0 Å². The minimum atomic E-state index is -0.596. The molecule has 1 atom stereocenters. The van der Waals surface area contributed by atoms with E-state index in [1.807, 2.05) is 0 Å². The summed E-state index contributed by atoms with van der Waals surface area (Å²) in [4.78, 5) is 0. The van der Waals surface area contributed by atoms with Crippen LogP contribution in [0.4, 0.5) is 0 Å². The summed E-state index contributed by atoms with van der Waals surface area (Å²) in [6.07, 6.45) is 1.65. The van der Waals surface area contributed by atoms with Gasteiger partial charge in [-0.05, 0) is 50.2 Å². The van der Waals surface area contributed by atoms with Gasteiger partial charge >= 0.3 is 7.12 Å². The monoisotopic (exact) mass is 248 g/mol. The number of hydrogen-bond donors (Lipinski definition) is 1. The Labute approximate surface area is 109 Å². The van der Waals surface area contributed by atoms with E-state index in [9.17, 15) is 5.02 Å². The second-order valence-corrected chi connectivity index (χ2v) is 5.18. The van der Waals surface area contributed by atoms with E-state index in [1.165, 1.54) is 22.3 Å². The molecule has 1 saturated heterocycles. The van der Waals surface area contributed by atoms with Gasteiger partial charge in [-0.2, -0.15) is 0 Å². The van der Waals surface area contributed by atoms with Gasteiger partial charge in [0.05, 0.1) is 19.3 Å². The number of ether oxygens (including phenoxy) is 1. The standard InChI is InChI=1S/C14H21BO3/c1-10-6-11(2)14(12(3)7-10)9-17-8-13-4-5-15(16)18-13/h6-7,13,16H,4-5,8-9H2,1-3H3. The van der Waals surface area contributed by atoms with E-state index in [4.69, 9.17) is 9.39 Å². The smallest absolute Gasteiger partial charge is 0.427 e. The van der Waals surface area contributed by atoms with Crippen LogP contribution in [0, 0.1) is 20.8 Å². The first-order valence-corrected chi connectivity index (χ1v) is 6.54. The highest BCUT2D eigenvalue weighted by atomic mass is 16.6. The molecule has 98 valence electrons. The Morgan fingerprint density at radius 3 is 2.56 bits per heavy atom. The third kappa shape index (κ3) is 3.34. The SMILES string of the molecule is Cc1cc(C)c(COCC2CCB(O)O2)c(C)c1. The second-order valence-electron chi connectivity index (χ2n) is 5.18. The summed E-state index contributed by atoms with van der Waals surface area (Å²) in [5, 5.41) is 9.26. The van der Waals surface area contributed by atoms with E-state index in [1.54, 1.807) is 0 Å². The quantitative estimate of drug-likeness (QED) is 0.831. The van der Waals surface area contributed by atoms with Crippen molar-refractivity contribution in [3.63, 3.8) is 0 Å². The summed E-state index contributed by atoms with van der Waals surface area (Å²) in [5.41, 5.74) is 5.11. The molecule has 1 N–H and O–H groups in total. The molecule has 0 aromatic heterocycles. The summed E-state index contributed by atoms with van der Waals surface area (Å²) < 4.78 is 11.0. The largest absolute Gasteiger partial charge is 0.454 e. The van der Waals surface area contributed by atoms with Crippen molar-refractivity contribution in [3.8, 4) is 0 Å². The van der Waals surface area contributed by atoms with Crippen LogP contribution in [0.2, 0.25) is 6.32 Å². The molecule has 1 aromatic rings. The minimum absolute atomic E-state index is 0.0473. The first-order chi connectivity index (χ1) is 8.56. The molecule has 1 heterocycles. The average Bonchev–Trinajstić information content (AvgIpc) is 2.68. The number of benzene rings is 1. The van der Waals surface area contributed by atoms with Crippen LogP contribution < -0.4 is 0 Å². The van der Waals surface area contributed by atoms with Gasteiger partial charge in [0.1, 0.15) is 0 Å². The summed E-state index contributed by atoms with van der Waals surface area (Å²) in [5.74, 6) is 0. The molecular weight excluding hydrogens is 227 g/mol. The first kappa shape index (κ1) is 13.6. The highest BCUT2D eigenvalue weighted by Gasteiger charge is 2.28. The lowest BCUT2D eigenvalue weighted by atomic mass is 9.87. The van der Waals surface area contributed by atoms with Gasteiger partial charge < -0.3 is 14.4 Å². The predicted octanol–water partition coefficient (Wildman–Crippen LogP) is 2.40. The Hall–Kier alpha value is -0.835. The predicted molar refractivity (Wildman–Crippen MR) is 72.6 cm³/mol. The molecule has 0 radical (unpaired) electrons. The molecule has 0 aliphatic carbocycles. The van der Waals surface area contributed by atoms with Crippen molar-refractivity contribution in [2.45, 2.75) is 46.2 Å². The Balaban J connectivity index is 1.87. The second kappa shape index (κ2) is 5.87. The third-order valence-corrected chi connectivity index (χ3v) is 3.48. The van der Waals surface area contributed by atoms with Crippen molar-refractivity contribution >= 4 is 7.12 Å². The fraction of sp³-hybridized carbons (Fsp3) is 0.571. The van der Waals surface area contributed by atoms with Crippen molar-refractivity contribution in [2.24, 2.45) is 0 Å². The molecule has 1 aliphatic heterocycles. The summed E-state index contributed by atoms with van der Waals surface area (Å²) in [7, 11) is -0.596. The van der Waals surface area contributed by atoms with Gasteiger partial charge in [0, 0.05) is 0 Å². The van der Waals surface area contributed by atoms with E-state index in [0.717, 1.165) is 12.7 Å². The Morgan fingerprint density at radius 2 is 2.00 bits per heavy atom. The lowest BCUT2D eigenvalue weighted by Gasteiger charge is -2.14. The van der Waals surface area contributed by atoms with E-state index in [2.05, 4.69) is 32.9 Å². The maximum atomic E-state index is 9.26. The summed E-state index contributed by atoms with van der Waals surface area (Å²) >= 11 is 0. The van der Waals surface area contributed by atoms with Gasteiger partial charge in [0.15, 0.2) is 0 Å². The fourth-order valence-electron chi connectivity index (χ4n) is 2.54. The Kier molecular flexibility index (Phi) is 4.43. The zero-order valence-electron chi connectivity index (χ0n) is 11.4. The fourth-order valence-corrected chi connectivity index (χ4v) is 2.54. The summed E-state index contributed by atoms with van der Waals surface area (Å²) in [6, 6.07) is 4.36. The van der Waals surface area contributed by atoms with Crippen LogP contribution in [0.5, 0.6) is 0 Å². The maximum absolute atomic E-state index is 9.26. The van der Waals surface area contributed by atoms with Crippen LogP contribution in [-0.2, 0) is 16.0 Å². The van der Waals surface area contributed by atoms with E-state index in [-0.39, 0.29) is 6.10 Å². The highest BCUT2D eigenvalue weighted by Crippen LogP contribution is 2.19. The molecule has 3 nitrogen and oxygen atoms in total. The molecule has 4 heteroatoms. The van der Waals surface area contributed by atoms with E-state index in [0.29, 0.717) is 13.2 Å². The van der Waals surface area contributed by atoms with Crippen molar-refractivity contribution in [3.05, 3.63) is 34.4 Å². The van der Waals surface area contributed by atoms with Crippen LogP contribution in [0.15, 0.2) is 12.1 Å². The molecular formula is C14H21BO3. The maximum Gasteiger partial charge on any atom is 0.454 e. The molecule has 1 aromatic carbocycles. The highest BCUT2D eigenvalue weighted by molar-refractivity contribution is 6.43. The topological polar surface area (TPSA) is 38.7 Å². The molecule has 1 aliphatic rings. The van der Waals surface area contributed by atoms with Crippen molar-refractivity contribution in [1.82, 2.24) is 0 Å². The lowest BCUT2D eigenvalue weighted by Crippen LogP contribution is -2.19. The number of rotatable bonds is 4. The molecule has 0 saturated carbocycles. The van der Waals surface area contributed by atoms with Crippen molar-refractivity contribution in [2.75, 3.05) is 6.61 Å².